The molecule has 0 aliphatic heterocycles. The van der Waals surface area contributed by atoms with E-state index in [1.807, 2.05) is 48.5 Å². The minimum absolute atomic E-state index is 0.00228. The Hall–Kier alpha value is -8.93. The van der Waals surface area contributed by atoms with E-state index in [9.17, 15) is 43.2 Å². The first-order chi connectivity index (χ1) is 48.1. The highest BCUT2D eigenvalue weighted by molar-refractivity contribution is 5.99. The van der Waals surface area contributed by atoms with Crippen LogP contribution in [0.5, 0.6) is 23.0 Å². The van der Waals surface area contributed by atoms with E-state index in [1.165, 1.54) is 0 Å². The molecular formula is C82H106O18. The number of unbranched alkanes of at least 4 members (excludes halogenated alkanes) is 8. The molecule has 0 amide bonds. The molecule has 18 nitrogen and oxygen atoms in total. The van der Waals surface area contributed by atoms with Gasteiger partial charge >= 0.3 is 29.8 Å². The van der Waals surface area contributed by atoms with E-state index >= 15 is 0 Å². The Labute approximate surface area is 591 Å². The predicted molar refractivity (Wildman–Crippen MR) is 385 cm³/mol. The summed E-state index contributed by atoms with van der Waals surface area (Å²) in [5, 5.41) is 0. The number of esters is 5. The van der Waals surface area contributed by atoms with Crippen LogP contribution in [-0.4, -0.2) is 112 Å². The smallest absolute Gasteiger partial charge is 0.333 e. The third-order valence-corrected chi connectivity index (χ3v) is 16.6. The van der Waals surface area contributed by atoms with Crippen LogP contribution in [0, 0.1) is 0 Å². The maximum absolute atomic E-state index is 14.9. The lowest BCUT2D eigenvalue weighted by molar-refractivity contribution is -0.140. The highest BCUT2D eigenvalue weighted by atomic mass is 16.6. The molecule has 5 rings (SSSR count). The van der Waals surface area contributed by atoms with E-state index in [4.69, 9.17) is 42.6 Å². The Balaban J connectivity index is 1.99. The highest BCUT2D eigenvalue weighted by Gasteiger charge is 2.28. The first kappa shape index (κ1) is 81.7. The minimum Gasteiger partial charge on any atom is -0.493 e. The lowest BCUT2D eigenvalue weighted by atomic mass is 9.86. The molecule has 0 saturated carbocycles. The summed E-state index contributed by atoms with van der Waals surface area (Å²) in [5.74, 6) is -2.05. The monoisotopic (exact) mass is 1380 g/mol. The second-order valence-corrected chi connectivity index (χ2v) is 25.5. The van der Waals surface area contributed by atoms with Crippen molar-refractivity contribution in [3.05, 3.63) is 164 Å². The molecule has 0 saturated heterocycles. The van der Waals surface area contributed by atoms with Crippen molar-refractivity contribution < 1.29 is 85.8 Å². The van der Waals surface area contributed by atoms with Gasteiger partial charge in [0.05, 0.1) is 59.5 Å². The first-order valence-electron chi connectivity index (χ1n) is 35.9. The number of ether oxygens (including phenoxy) is 9. The molecule has 0 spiro atoms. The van der Waals surface area contributed by atoms with Gasteiger partial charge in [-0.2, -0.15) is 0 Å². The van der Waals surface area contributed by atoms with Crippen molar-refractivity contribution in [3.8, 4) is 23.0 Å². The lowest BCUT2D eigenvalue weighted by Gasteiger charge is -2.25. The van der Waals surface area contributed by atoms with Crippen molar-refractivity contribution in [2.24, 2.45) is 0 Å². The zero-order chi connectivity index (χ0) is 72.9. The van der Waals surface area contributed by atoms with Crippen LogP contribution in [-0.2, 0) is 73.3 Å². The fourth-order valence-electron chi connectivity index (χ4n) is 11.3. The molecule has 8 bridgehead atoms. The molecule has 0 atom stereocenters. The SMILES string of the molecule is C=C(C)C(=O)OCCCOc1c2cc(C(=O)CCCCC)cc1Cc1cc(C(=O)CCCCC)cc(c1OCCCOC(=O)C(=C)C)Cc1cc(C(=O)CCCCC)cc(c1OCCCOC(=O)C(=C)C)Cc1cc(C(=O)CCCCC)cc(c1OCCCOC(=O)/C=C\C(=O)OCC)C2. The maximum Gasteiger partial charge on any atom is 0.333 e. The third kappa shape index (κ3) is 27.3. The topological polar surface area (TPSA) is 237 Å². The Morgan fingerprint density at radius 1 is 0.310 bits per heavy atom. The zero-order valence-electron chi connectivity index (χ0n) is 60.6. The normalized spacial score (nSPS) is 11.6. The van der Waals surface area contributed by atoms with Gasteiger partial charge in [-0.15, -0.1) is 0 Å². The number of ketones is 4. The van der Waals surface area contributed by atoms with Gasteiger partial charge in [0.2, 0.25) is 0 Å². The van der Waals surface area contributed by atoms with Gasteiger partial charge in [0, 0.05) is 128 Å². The predicted octanol–water partition coefficient (Wildman–Crippen LogP) is 16.5. The van der Waals surface area contributed by atoms with Crippen LogP contribution in [0.2, 0.25) is 0 Å². The summed E-state index contributed by atoms with van der Waals surface area (Å²) in [5.41, 5.74) is 6.68. The van der Waals surface area contributed by atoms with Crippen LogP contribution in [0.1, 0.15) is 270 Å². The number of fused-ring (bicyclic) bond motifs is 8. The maximum atomic E-state index is 14.9. The number of Topliss-reactive ketones (excluding diaryl/α,β-unsaturated/α-hetero) is 4. The summed E-state index contributed by atoms with van der Waals surface area (Å²) in [6.45, 7) is 25.9. The van der Waals surface area contributed by atoms with Gasteiger partial charge in [0.25, 0.3) is 0 Å². The molecule has 542 valence electrons. The molecule has 4 aromatic rings. The van der Waals surface area contributed by atoms with Crippen molar-refractivity contribution in [2.45, 2.75) is 209 Å². The molecule has 0 aromatic heterocycles. The first-order valence-corrected chi connectivity index (χ1v) is 35.9. The Kier molecular flexibility index (Phi) is 36.2. The highest BCUT2D eigenvalue weighted by Crippen LogP contribution is 2.42. The van der Waals surface area contributed by atoms with Gasteiger partial charge in [-0.3, -0.25) is 19.2 Å². The van der Waals surface area contributed by atoms with Crippen LogP contribution in [0.3, 0.4) is 0 Å². The fraction of sp³-hybridized carbons (Fsp3) is 0.500. The Morgan fingerprint density at radius 3 is 0.740 bits per heavy atom. The molecule has 18 heteroatoms. The van der Waals surface area contributed by atoms with Crippen molar-refractivity contribution in [2.75, 3.05) is 59.5 Å². The summed E-state index contributed by atoms with van der Waals surface area (Å²) in [4.78, 5) is 122. The van der Waals surface area contributed by atoms with E-state index < -0.39 is 29.8 Å². The van der Waals surface area contributed by atoms with Gasteiger partial charge < -0.3 is 42.6 Å². The number of benzene rings is 4. The Bertz CT molecular complexity index is 3390. The number of carbonyl (C=O) groups is 9. The van der Waals surface area contributed by atoms with Crippen LogP contribution < -0.4 is 18.9 Å². The van der Waals surface area contributed by atoms with Crippen molar-refractivity contribution in [3.63, 3.8) is 0 Å². The molecule has 0 heterocycles. The molecule has 100 heavy (non-hydrogen) atoms. The van der Waals surface area contributed by atoms with Gasteiger partial charge in [0.1, 0.15) is 23.0 Å². The molecule has 1 aliphatic carbocycles. The number of carbonyl (C=O) groups excluding carboxylic acids is 9. The van der Waals surface area contributed by atoms with Crippen LogP contribution in [0.25, 0.3) is 0 Å². The van der Waals surface area contributed by atoms with E-state index in [1.54, 1.807) is 27.7 Å². The summed E-state index contributed by atoms with van der Waals surface area (Å²) in [7, 11) is 0. The molecule has 0 fully saturated rings. The fourth-order valence-corrected chi connectivity index (χ4v) is 11.3. The second kappa shape index (κ2) is 44.3. The van der Waals surface area contributed by atoms with E-state index in [0.717, 1.165) is 63.5 Å². The molecule has 4 aromatic carbocycles. The number of rotatable bonds is 46. The molecule has 0 radical (unpaired) electrons. The van der Waals surface area contributed by atoms with E-state index in [2.05, 4.69) is 47.4 Å². The van der Waals surface area contributed by atoms with Gasteiger partial charge in [0.15, 0.2) is 23.1 Å². The van der Waals surface area contributed by atoms with Gasteiger partial charge in [-0.25, -0.2) is 24.0 Å². The minimum atomic E-state index is -0.766. The van der Waals surface area contributed by atoms with Crippen molar-refractivity contribution >= 4 is 53.0 Å². The standard InChI is InChI=1S/C82H106O18/c1-12-17-21-29-70(83)58-43-62-51-64-45-59(71(84)30-22-18-13-2)47-66(77(64)95-37-26-40-98-80(89)55(6)7)53-68-49-61(73(86)32-24-20-15-4)50-69(79(68)97-39-28-42-100-82(91)57(10)11)54-67-48-60(72(85)31-23-19-14-3)46-65(78(67)96-38-27-41-99-81(90)56(8)9)52-63(44-58)76(62)94-36-25-35-93-75(88)34-33-74(87)92-16-5/h33-34,43-50H,6,8,10,12-32,35-42,51-54H2,1-5,7,9,11H3/b34-33-. The summed E-state index contributed by atoms with van der Waals surface area (Å²) < 4.78 is 55.0. The van der Waals surface area contributed by atoms with Gasteiger partial charge in [-0.1, -0.05) is 98.8 Å². The summed E-state index contributed by atoms with van der Waals surface area (Å²) >= 11 is 0. The summed E-state index contributed by atoms with van der Waals surface area (Å²) in [6.07, 6.45) is 13.3. The molecule has 0 unspecified atom stereocenters. The Morgan fingerprint density at radius 2 is 0.530 bits per heavy atom. The molecule has 1 aliphatic rings. The second-order valence-electron chi connectivity index (χ2n) is 25.5. The average molecular weight is 1380 g/mol. The number of hydrogen-bond donors (Lipinski definition) is 0. The largest absolute Gasteiger partial charge is 0.493 e. The average Bonchev–Trinajstić information content (AvgIpc) is 0.815. The third-order valence-electron chi connectivity index (χ3n) is 16.6. The quantitative estimate of drug-likeness (QED) is 0.0116. The van der Waals surface area contributed by atoms with Gasteiger partial charge in [-0.05, 0) is 146 Å². The van der Waals surface area contributed by atoms with Crippen molar-refractivity contribution in [1.82, 2.24) is 0 Å². The van der Waals surface area contributed by atoms with Crippen LogP contribution in [0.15, 0.2) is 97.1 Å². The number of hydrogen-bond acceptors (Lipinski definition) is 18. The van der Waals surface area contributed by atoms with Crippen molar-refractivity contribution in [1.29, 1.82) is 0 Å². The van der Waals surface area contributed by atoms with E-state index in [0.29, 0.717) is 115 Å². The van der Waals surface area contributed by atoms with Crippen LogP contribution in [0.4, 0.5) is 0 Å². The molecular weight excluding hydrogens is 1270 g/mol. The van der Waals surface area contributed by atoms with E-state index in [-0.39, 0.29) is 176 Å². The zero-order valence-corrected chi connectivity index (χ0v) is 60.6. The molecule has 0 N–H and O–H groups in total. The lowest BCUT2D eigenvalue weighted by Crippen LogP contribution is -2.15. The van der Waals surface area contributed by atoms with Crippen LogP contribution >= 0.6 is 0 Å². The summed E-state index contributed by atoms with van der Waals surface area (Å²) in [6, 6.07) is 14.6.